The molecule has 0 aliphatic rings. The minimum atomic E-state index is -1.17. The van der Waals surface area contributed by atoms with Crippen molar-refractivity contribution >= 4 is 36.3 Å². The fraction of sp³-hybridized carbons (Fsp3) is 0.800. The highest BCUT2D eigenvalue weighted by Crippen LogP contribution is 2.07. The van der Waals surface area contributed by atoms with Gasteiger partial charge in [-0.15, -0.1) is 0 Å². The molecule has 31 heavy (non-hydrogen) atoms. The molecule has 0 saturated carbocycles. The van der Waals surface area contributed by atoms with E-state index in [-0.39, 0.29) is 24.0 Å². The Morgan fingerprint density at radius 3 is 1.94 bits per heavy atom. The molecule has 4 unspecified atom stereocenters. The number of nitrogens with two attached hydrogens (primary N) is 2. The second-order valence-corrected chi connectivity index (χ2v) is 8.76. The van der Waals surface area contributed by atoms with Gasteiger partial charge in [0, 0.05) is 5.75 Å². The topological polar surface area (TPSA) is 177 Å². The summed E-state index contributed by atoms with van der Waals surface area (Å²) >= 11 is 4.10. The summed E-state index contributed by atoms with van der Waals surface area (Å²) in [5, 5.41) is 16.9. The lowest BCUT2D eigenvalue weighted by Gasteiger charge is -2.26. The number of carboxylic acid groups (broad SMARTS) is 1. The molecular weight excluding hydrogens is 422 g/mol. The number of nitrogens with one attached hydrogen (secondary N) is 3. The van der Waals surface area contributed by atoms with Gasteiger partial charge in [-0.05, 0) is 44.1 Å². The highest BCUT2D eigenvalue weighted by Gasteiger charge is 2.31. The van der Waals surface area contributed by atoms with Gasteiger partial charge in [-0.25, -0.2) is 4.79 Å². The number of carbonyl (C=O) groups excluding carboxylic acids is 3. The molecule has 0 aromatic carbocycles. The first-order valence-electron chi connectivity index (χ1n) is 10.6. The van der Waals surface area contributed by atoms with Gasteiger partial charge < -0.3 is 32.5 Å². The summed E-state index contributed by atoms with van der Waals surface area (Å²) in [7, 11) is 0. The normalized spacial score (nSPS) is 15.1. The van der Waals surface area contributed by atoms with Gasteiger partial charge in [-0.1, -0.05) is 27.7 Å². The number of carboxylic acids is 1. The van der Waals surface area contributed by atoms with Crippen molar-refractivity contribution < 1.29 is 24.3 Å². The number of unbranched alkanes of at least 4 members (excludes halogenated alkanes) is 1. The van der Waals surface area contributed by atoms with Crippen LogP contribution in [0.15, 0.2) is 0 Å². The van der Waals surface area contributed by atoms with E-state index in [0.717, 1.165) is 0 Å². The Morgan fingerprint density at radius 1 is 0.903 bits per heavy atom. The molecule has 8 N–H and O–H groups in total. The van der Waals surface area contributed by atoms with Crippen molar-refractivity contribution in [3.63, 3.8) is 0 Å². The van der Waals surface area contributed by atoms with E-state index in [4.69, 9.17) is 11.5 Å². The highest BCUT2D eigenvalue weighted by molar-refractivity contribution is 7.80. The van der Waals surface area contributed by atoms with Crippen molar-refractivity contribution in [1.82, 2.24) is 16.0 Å². The van der Waals surface area contributed by atoms with Crippen LogP contribution in [0.4, 0.5) is 0 Å². The second kappa shape index (κ2) is 15.0. The van der Waals surface area contributed by atoms with Gasteiger partial charge in [0.1, 0.15) is 18.1 Å². The lowest BCUT2D eigenvalue weighted by Crippen LogP contribution is -2.59. The Morgan fingerprint density at radius 2 is 1.48 bits per heavy atom. The molecule has 0 fully saturated rings. The maximum atomic E-state index is 12.8. The third kappa shape index (κ3) is 11.4. The molecule has 11 heteroatoms. The lowest BCUT2D eigenvalue weighted by atomic mass is 10.00. The zero-order valence-electron chi connectivity index (χ0n) is 18.9. The summed E-state index contributed by atoms with van der Waals surface area (Å²) in [6.07, 6.45) is 1.88. The third-order valence-electron chi connectivity index (χ3n) is 4.69. The molecule has 0 heterocycles. The number of rotatable bonds is 15. The van der Waals surface area contributed by atoms with Crippen molar-refractivity contribution in [1.29, 1.82) is 0 Å². The summed E-state index contributed by atoms with van der Waals surface area (Å²) in [6, 6.07) is -3.80. The van der Waals surface area contributed by atoms with Crippen molar-refractivity contribution in [3.8, 4) is 0 Å². The Kier molecular flexibility index (Phi) is 14.1. The Labute approximate surface area is 190 Å². The van der Waals surface area contributed by atoms with Crippen molar-refractivity contribution in [2.45, 2.75) is 77.5 Å². The highest BCUT2D eigenvalue weighted by atomic mass is 32.1. The zero-order chi connectivity index (χ0) is 24.1. The number of hydrogen-bond donors (Lipinski definition) is 7. The summed E-state index contributed by atoms with van der Waals surface area (Å²) in [6.45, 7) is 7.82. The van der Waals surface area contributed by atoms with E-state index in [9.17, 15) is 24.3 Å². The molecule has 0 saturated heterocycles. The molecule has 0 aliphatic heterocycles. The molecule has 0 bridgehead atoms. The van der Waals surface area contributed by atoms with E-state index >= 15 is 0 Å². The first kappa shape index (κ1) is 29.1. The van der Waals surface area contributed by atoms with E-state index in [1.165, 1.54) is 0 Å². The maximum Gasteiger partial charge on any atom is 0.326 e. The molecule has 180 valence electrons. The van der Waals surface area contributed by atoms with E-state index in [0.29, 0.717) is 25.8 Å². The second-order valence-electron chi connectivity index (χ2n) is 8.39. The minimum Gasteiger partial charge on any atom is -0.480 e. The van der Waals surface area contributed by atoms with Crippen LogP contribution in [0.3, 0.4) is 0 Å². The predicted octanol–water partition coefficient (Wildman–Crippen LogP) is -0.386. The van der Waals surface area contributed by atoms with Gasteiger partial charge in [-0.3, -0.25) is 14.4 Å². The van der Waals surface area contributed by atoms with Crippen LogP contribution >= 0.6 is 12.6 Å². The Bertz CT molecular complexity index is 603. The molecule has 0 aromatic rings. The van der Waals surface area contributed by atoms with Gasteiger partial charge in [0.15, 0.2) is 0 Å². The van der Waals surface area contributed by atoms with Crippen LogP contribution in [0.5, 0.6) is 0 Å². The Hall–Kier alpha value is -1.85. The van der Waals surface area contributed by atoms with Crippen LogP contribution in [0.25, 0.3) is 0 Å². The number of hydrogen-bond acceptors (Lipinski definition) is 7. The number of thiol groups is 1. The summed E-state index contributed by atoms with van der Waals surface area (Å²) < 4.78 is 0. The van der Waals surface area contributed by atoms with Gasteiger partial charge in [0.25, 0.3) is 0 Å². The van der Waals surface area contributed by atoms with Gasteiger partial charge in [-0.2, -0.15) is 12.6 Å². The molecule has 4 atom stereocenters. The fourth-order valence-electron chi connectivity index (χ4n) is 2.89. The molecule has 3 amide bonds. The summed E-state index contributed by atoms with van der Waals surface area (Å²) in [4.78, 5) is 49.0. The molecular formula is C20H39N5O5S. The van der Waals surface area contributed by atoms with Crippen molar-refractivity contribution in [2.75, 3.05) is 12.3 Å². The monoisotopic (exact) mass is 461 g/mol. The van der Waals surface area contributed by atoms with Crippen LogP contribution in [0, 0.1) is 11.8 Å². The largest absolute Gasteiger partial charge is 0.480 e. The van der Waals surface area contributed by atoms with E-state index < -0.39 is 47.9 Å². The van der Waals surface area contributed by atoms with Gasteiger partial charge in [0.05, 0.1) is 6.04 Å². The maximum absolute atomic E-state index is 12.8. The van der Waals surface area contributed by atoms with Crippen molar-refractivity contribution in [2.24, 2.45) is 23.3 Å². The van der Waals surface area contributed by atoms with Crippen LogP contribution in [0.2, 0.25) is 0 Å². The van der Waals surface area contributed by atoms with Gasteiger partial charge in [0.2, 0.25) is 17.7 Å². The summed E-state index contributed by atoms with van der Waals surface area (Å²) in [5.74, 6) is -2.92. The molecule has 0 spiro atoms. The quantitative estimate of drug-likeness (QED) is 0.128. The minimum absolute atomic E-state index is 0.0433. The number of amides is 3. The zero-order valence-corrected chi connectivity index (χ0v) is 19.8. The van der Waals surface area contributed by atoms with Crippen LogP contribution in [-0.4, -0.2) is 65.3 Å². The molecule has 0 aliphatic carbocycles. The number of carbonyl (C=O) groups is 4. The standard InChI is InChI=1S/C20H39N5O5S/c1-11(2)9-13(22)17(26)25-16(12(3)4)19(28)24-15(10-31)18(27)23-14(20(29)30)7-5-6-8-21/h11-16,31H,5-10,21-22H2,1-4H3,(H,23,27)(H,24,28)(H,25,26)(H,29,30). The van der Waals surface area contributed by atoms with E-state index in [2.05, 4.69) is 28.6 Å². The predicted molar refractivity (Wildman–Crippen MR) is 122 cm³/mol. The van der Waals surface area contributed by atoms with E-state index in [1.807, 2.05) is 13.8 Å². The Balaban J connectivity index is 5.09. The van der Waals surface area contributed by atoms with Gasteiger partial charge >= 0.3 is 5.97 Å². The average Bonchev–Trinajstić information content (AvgIpc) is 2.67. The first-order chi connectivity index (χ1) is 14.4. The molecule has 0 radical (unpaired) electrons. The van der Waals surface area contributed by atoms with Crippen LogP contribution in [-0.2, 0) is 19.2 Å². The van der Waals surface area contributed by atoms with Crippen LogP contribution < -0.4 is 27.4 Å². The number of aliphatic carboxylic acids is 1. The lowest BCUT2D eigenvalue weighted by molar-refractivity contribution is -0.142. The molecule has 0 aromatic heterocycles. The SMILES string of the molecule is CC(C)CC(N)C(=O)NC(C(=O)NC(CS)C(=O)NC(CCCCN)C(=O)O)C(C)C. The summed E-state index contributed by atoms with van der Waals surface area (Å²) in [5.41, 5.74) is 11.3. The first-order valence-corrected chi connectivity index (χ1v) is 11.3. The van der Waals surface area contributed by atoms with Crippen molar-refractivity contribution in [3.05, 3.63) is 0 Å². The van der Waals surface area contributed by atoms with Crippen LogP contribution in [0.1, 0.15) is 53.4 Å². The average molecular weight is 462 g/mol. The smallest absolute Gasteiger partial charge is 0.326 e. The fourth-order valence-corrected chi connectivity index (χ4v) is 3.15. The molecule has 0 rings (SSSR count). The molecule has 10 nitrogen and oxygen atoms in total. The van der Waals surface area contributed by atoms with E-state index in [1.54, 1.807) is 13.8 Å². The third-order valence-corrected chi connectivity index (χ3v) is 5.05.